The molecule has 0 saturated heterocycles. The molecule has 7 heteroatoms. The quantitative estimate of drug-likeness (QED) is 0.454. The van der Waals surface area contributed by atoms with E-state index >= 15 is 0 Å². The normalized spacial score (nSPS) is 10.4. The Morgan fingerprint density at radius 3 is 2.42 bits per heavy atom. The van der Waals surface area contributed by atoms with E-state index in [2.05, 4.69) is 15.8 Å². The van der Waals surface area contributed by atoms with Crippen LogP contribution in [0.5, 0.6) is 5.75 Å². The Kier molecular flexibility index (Phi) is 6.73. The van der Waals surface area contributed by atoms with E-state index in [1.807, 2.05) is 43.3 Å². The number of hydrogen-bond acceptors (Lipinski definition) is 5. The molecule has 0 aromatic heterocycles. The Morgan fingerprint density at radius 1 is 1.08 bits per heavy atom. The molecular formula is C19H22N4O3. The number of methoxy groups -OCH3 is 1. The third-order valence-electron chi connectivity index (χ3n) is 3.51. The van der Waals surface area contributed by atoms with Crippen molar-refractivity contribution < 1.29 is 14.3 Å². The third kappa shape index (κ3) is 5.62. The number of anilines is 2. The molecule has 2 rings (SSSR count). The molecule has 26 heavy (non-hydrogen) atoms. The first-order valence-corrected chi connectivity index (χ1v) is 8.01. The molecule has 2 amide bonds. The summed E-state index contributed by atoms with van der Waals surface area (Å²) in [6.07, 6.45) is 1.18. The van der Waals surface area contributed by atoms with Crippen molar-refractivity contribution in [1.29, 1.82) is 0 Å². The molecule has 2 aromatic carbocycles. The molecule has 0 saturated carbocycles. The zero-order valence-electron chi connectivity index (χ0n) is 15.0. The fourth-order valence-corrected chi connectivity index (χ4v) is 2.16. The zero-order chi connectivity index (χ0) is 18.9. The zero-order valence-corrected chi connectivity index (χ0v) is 15.0. The molecular weight excluding hydrogens is 332 g/mol. The van der Waals surface area contributed by atoms with Crippen LogP contribution in [0.3, 0.4) is 0 Å². The van der Waals surface area contributed by atoms with Crippen LogP contribution in [0.1, 0.15) is 12.0 Å². The molecule has 0 atom stereocenters. The topological polar surface area (TPSA) is 83.0 Å². The van der Waals surface area contributed by atoms with Gasteiger partial charge in [0.25, 0.3) is 0 Å². The number of para-hydroxylation sites is 2. The van der Waals surface area contributed by atoms with E-state index in [1.165, 1.54) is 13.3 Å². The maximum atomic E-state index is 11.9. The molecule has 0 fully saturated rings. The van der Waals surface area contributed by atoms with Crippen LogP contribution in [0, 0.1) is 0 Å². The highest BCUT2D eigenvalue weighted by Gasteiger charge is 2.11. The highest BCUT2D eigenvalue weighted by atomic mass is 16.5. The van der Waals surface area contributed by atoms with E-state index in [0.29, 0.717) is 11.4 Å². The van der Waals surface area contributed by atoms with Gasteiger partial charge in [-0.25, -0.2) is 5.43 Å². The minimum atomic E-state index is -0.501. The van der Waals surface area contributed by atoms with E-state index in [4.69, 9.17) is 4.74 Å². The molecule has 0 spiro atoms. The smallest absolute Gasteiger partial charge is 0.249 e. The van der Waals surface area contributed by atoms with Crippen molar-refractivity contribution in [2.24, 2.45) is 5.10 Å². The fraction of sp³-hybridized carbons (Fsp3) is 0.211. The molecule has 2 N–H and O–H groups in total. The van der Waals surface area contributed by atoms with Gasteiger partial charge < -0.3 is 15.0 Å². The first kappa shape index (κ1) is 19.0. The third-order valence-corrected chi connectivity index (χ3v) is 3.51. The van der Waals surface area contributed by atoms with Crippen molar-refractivity contribution in [1.82, 2.24) is 5.43 Å². The summed E-state index contributed by atoms with van der Waals surface area (Å²) >= 11 is 0. The molecule has 136 valence electrons. The van der Waals surface area contributed by atoms with Crippen LogP contribution in [-0.4, -0.2) is 39.2 Å². The van der Waals surface area contributed by atoms with Gasteiger partial charge in [0, 0.05) is 19.8 Å². The predicted octanol–water partition coefficient (Wildman–Crippen LogP) is 2.24. The number of nitrogens with one attached hydrogen (secondary N) is 2. The lowest BCUT2D eigenvalue weighted by molar-refractivity contribution is -0.126. The van der Waals surface area contributed by atoms with Gasteiger partial charge in [0.2, 0.25) is 11.8 Å². The molecule has 0 aliphatic heterocycles. The number of hydrogen-bond donors (Lipinski definition) is 2. The fourth-order valence-electron chi connectivity index (χ4n) is 2.16. The van der Waals surface area contributed by atoms with Crippen molar-refractivity contribution in [3.05, 3.63) is 54.1 Å². The summed E-state index contributed by atoms with van der Waals surface area (Å²) in [5.41, 5.74) is 4.76. The van der Waals surface area contributed by atoms with Gasteiger partial charge in [-0.05, 0) is 29.8 Å². The largest absolute Gasteiger partial charge is 0.495 e. The van der Waals surface area contributed by atoms with Crippen LogP contribution in [-0.2, 0) is 9.59 Å². The van der Waals surface area contributed by atoms with E-state index in [-0.39, 0.29) is 6.42 Å². The van der Waals surface area contributed by atoms with Gasteiger partial charge in [0.05, 0.1) is 19.0 Å². The van der Waals surface area contributed by atoms with Crippen LogP contribution in [0.15, 0.2) is 53.6 Å². The number of benzene rings is 2. The number of carbonyl (C=O) groups is 2. The van der Waals surface area contributed by atoms with Gasteiger partial charge in [-0.2, -0.15) is 5.10 Å². The van der Waals surface area contributed by atoms with Crippen LogP contribution in [0.4, 0.5) is 11.4 Å². The molecule has 0 aliphatic rings. The van der Waals surface area contributed by atoms with Gasteiger partial charge in [0.1, 0.15) is 12.2 Å². The average Bonchev–Trinajstić information content (AvgIpc) is 2.62. The van der Waals surface area contributed by atoms with Gasteiger partial charge in [-0.15, -0.1) is 0 Å². The van der Waals surface area contributed by atoms with E-state index < -0.39 is 11.8 Å². The summed E-state index contributed by atoms with van der Waals surface area (Å²) in [7, 11) is 5.43. The van der Waals surface area contributed by atoms with Crippen molar-refractivity contribution in [3.8, 4) is 5.75 Å². The van der Waals surface area contributed by atoms with Crippen molar-refractivity contribution >= 4 is 29.4 Å². The number of hydrazone groups is 1. The Bertz CT molecular complexity index is 786. The first-order valence-electron chi connectivity index (χ1n) is 8.01. The number of carbonyl (C=O) groups excluding carboxylic acids is 2. The number of rotatable bonds is 7. The Balaban J connectivity index is 1.83. The lowest BCUT2D eigenvalue weighted by Crippen LogP contribution is -2.24. The molecule has 0 radical (unpaired) electrons. The highest BCUT2D eigenvalue weighted by molar-refractivity contribution is 6.04. The predicted molar refractivity (Wildman–Crippen MR) is 103 cm³/mol. The first-order chi connectivity index (χ1) is 12.5. The second kappa shape index (κ2) is 9.22. The monoisotopic (exact) mass is 354 g/mol. The molecule has 7 nitrogen and oxygen atoms in total. The van der Waals surface area contributed by atoms with Crippen LogP contribution in [0.25, 0.3) is 0 Å². The second-order valence-corrected chi connectivity index (χ2v) is 5.70. The maximum Gasteiger partial charge on any atom is 0.249 e. The molecule has 0 heterocycles. The summed E-state index contributed by atoms with van der Waals surface area (Å²) in [5, 5.41) is 6.50. The van der Waals surface area contributed by atoms with Crippen molar-refractivity contribution in [2.45, 2.75) is 6.42 Å². The number of nitrogens with zero attached hydrogens (tertiary/aromatic N) is 2. The van der Waals surface area contributed by atoms with Crippen molar-refractivity contribution in [2.75, 3.05) is 31.4 Å². The van der Waals surface area contributed by atoms with Gasteiger partial charge in [-0.3, -0.25) is 9.59 Å². The minimum absolute atomic E-state index is 0.338. The van der Waals surface area contributed by atoms with Crippen LogP contribution in [0.2, 0.25) is 0 Å². The Morgan fingerprint density at radius 2 is 1.77 bits per heavy atom. The number of amides is 2. The van der Waals surface area contributed by atoms with E-state index in [1.54, 1.807) is 24.3 Å². The van der Waals surface area contributed by atoms with E-state index in [0.717, 1.165) is 11.3 Å². The standard InChI is InChI=1S/C19H22N4O3/c1-23(2)15-10-8-14(9-11-15)13-20-22-19(25)12-18(24)21-16-6-4-5-7-17(16)26-3/h4-11,13H,12H2,1-3H3,(H,21,24)(H,22,25). The summed E-state index contributed by atoms with van der Waals surface area (Å²) in [6, 6.07) is 14.7. The van der Waals surface area contributed by atoms with Gasteiger partial charge in [0.15, 0.2) is 0 Å². The van der Waals surface area contributed by atoms with E-state index in [9.17, 15) is 9.59 Å². The van der Waals surface area contributed by atoms with Crippen LogP contribution < -0.4 is 20.4 Å². The lowest BCUT2D eigenvalue weighted by atomic mass is 10.2. The lowest BCUT2D eigenvalue weighted by Gasteiger charge is -2.11. The average molecular weight is 354 g/mol. The maximum absolute atomic E-state index is 11.9. The SMILES string of the molecule is COc1ccccc1NC(=O)CC(=O)NN=Cc1ccc(N(C)C)cc1. The molecule has 0 unspecified atom stereocenters. The van der Waals surface area contributed by atoms with Crippen LogP contribution >= 0.6 is 0 Å². The minimum Gasteiger partial charge on any atom is -0.495 e. The van der Waals surface area contributed by atoms with Gasteiger partial charge in [-0.1, -0.05) is 24.3 Å². The number of ether oxygens (including phenoxy) is 1. The Labute approximate surface area is 152 Å². The summed E-state index contributed by atoms with van der Waals surface area (Å²) < 4.78 is 5.15. The van der Waals surface area contributed by atoms with Gasteiger partial charge >= 0.3 is 0 Å². The molecule has 2 aromatic rings. The molecule has 0 aliphatic carbocycles. The summed E-state index contributed by atoms with van der Waals surface area (Å²) in [4.78, 5) is 25.7. The molecule has 0 bridgehead atoms. The summed E-state index contributed by atoms with van der Waals surface area (Å²) in [6.45, 7) is 0. The van der Waals surface area contributed by atoms with Crippen molar-refractivity contribution in [3.63, 3.8) is 0 Å². The summed E-state index contributed by atoms with van der Waals surface area (Å²) in [5.74, 6) is -0.420. The second-order valence-electron chi connectivity index (χ2n) is 5.70. The Hall–Kier alpha value is -3.35. The highest BCUT2D eigenvalue weighted by Crippen LogP contribution is 2.22.